The number of hydrogen-bond donors (Lipinski definition) is 0. The Labute approximate surface area is 138 Å². The number of aromatic nitrogens is 4. The summed E-state index contributed by atoms with van der Waals surface area (Å²) in [5.74, 6) is 2.59. The molecule has 128 valence electrons. The summed E-state index contributed by atoms with van der Waals surface area (Å²) in [5, 5.41) is 19.8. The molecule has 0 aromatic carbocycles. The van der Waals surface area contributed by atoms with E-state index in [0.29, 0.717) is 24.0 Å². The molecule has 2 aliphatic rings. The predicted molar refractivity (Wildman–Crippen MR) is 85.1 cm³/mol. The molecule has 1 aliphatic carbocycles. The minimum absolute atomic E-state index is 0.0879. The largest absolute Gasteiger partial charge is 0.350 e. The van der Waals surface area contributed by atoms with E-state index < -0.39 is 0 Å². The van der Waals surface area contributed by atoms with Gasteiger partial charge >= 0.3 is 5.69 Å². The molecule has 2 aromatic rings. The van der Waals surface area contributed by atoms with Gasteiger partial charge in [-0.1, -0.05) is 5.16 Å². The summed E-state index contributed by atoms with van der Waals surface area (Å²) < 4.78 is 6.97. The number of anilines is 1. The van der Waals surface area contributed by atoms with Crippen molar-refractivity contribution in [2.24, 2.45) is 7.05 Å². The van der Waals surface area contributed by atoms with Crippen LogP contribution in [0.2, 0.25) is 0 Å². The van der Waals surface area contributed by atoms with Crippen molar-refractivity contribution in [3.63, 3.8) is 0 Å². The quantitative estimate of drug-likeness (QED) is 0.625. The molecule has 1 saturated carbocycles. The maximum atomic E-state index is 11.4. The van der Waals surface area contributed by atoms with Crippen LogP contribution < -0.4 is 4.90 Å². The molecule has 2 fully saturated rings. The Hall–Kier alpha value is -2.45. The maximum Gasteiger partial charge on any atom is 0.333 e. The molecule has 0 amide bonds. The zero-order valence-corrected chi connectivity index (χ0v) is 13.8. The van der Waals surface area contributed by atoms with E-state index in [4.69, 9.17) is 4.52 Å². The standard InChI is InChI=1S/C15H20N6O3/c1-9-12(21(22)23)15(19(2)17-9)20-7-3-4-11(8-20)13-16-14(24-18-13)10-5-6-10/h10-11H,3-8H2,1-2H3. The first kappa shape index (κ1) is 15.1. The molecule has 1 unspecified atom stereocenters. The highest BCUT2D eigenvalue weighted by Crippen LogP contribution is 2.40. The number of piperidine rings is 1. The second-order valence-corrected chi connectivity index (χ2v) is 6.69. The zero-order valence-electron chi connectivity index (χ0n) is 13.8. The number of aryl methyl sites for hydroxylation is 2. The summed E-state index contributed by atoms with van der Waals surface area (Å²) in [7, 11) is 1.75. The van der Waals surface area contributed by atoms with Crippen LogP contribution in [0.15, 0.2) is 4.52 Å². The lowest BCUT2D eigenvalue weighted by Gasteiger charge is -2.32. The van der Waals surface area contributed by atoms with Gasteiger partial charge in [0.2, 0.25) is 11.7 Å². The van der Waals surface area contributed by atoms with Crippen molar-refractivity contribution < 1.29 is 9.45 Å². The van der Waals surface area contributed by atoms with Gasteiger partial charge in [0, 0.05) is 32.0 Å². The Morgan fingerprint density at radius 1 is 1.29 bits per heavy atom. The normalized spacial score (nSPS) is 21.2. The van der Waals surface area contributed by atoms with E-state index >= 15 is 0 Å². The van der Waals surface area contributed by atoms with E-state index in [1.807, 2.05) is 4.90 Å². The van der Waals surface area contributed by atoms with Gasteiger partial charge in [-0.05, 0) is 32.6 Å². The molecule has 0 spiro atoms. The summed E-state index contributed by atoms with van der Waals surface area (Å²) in [5.41, 5.74) is 0.528. The molecular formula is C15H20N6O3. The molecule has 0 N–H and O–H groups in total. The van der Waals surface area contributed by atoms with Gasteiger partial charge in [-0.15, -0.1) is 0 Å². The lowest BCUT2D eigenvalue weighted by atomic mass is 9.97. The van der Waals surface area contributed by atoms with Gasteiger partial charge < -0.3 is 9.42 Å². The number of nitro groups is 1. The van der Waals surface area contributed by atoms with Crippen molar-refractivity contribution in [3.8, 4) is 0 Å². The van der Waals surface area contributed by atoms with Crippen LogP contribution in [-0.2, 0) is 7.05 Å². The summed E-state index contributed by atoms with van der Waals surface area (Å²) >= 11 is 0. The third kappa shape index (κ3) is 2.53. The van der Waals surface area contributed by atoms with Crippen molar-refractivity contribution in [2.45, 2.75) is 44.4 Å². The smallest absolute Gasteiger partial charge is 0.333 e. The van der Waals surface area contributed by atoms with Crippen LogP contribution in [0, 0.1) is 17.0 Å². The van der Waals surface area contributed by atoms with Gasteiger partial charge in [0.15, 0.2) is 5.82 Å². The van der Waals surface area contributed by atoms with E-state index in [-0.39, 0.29) is 16.5 Å². The summed E-state index contributed by atoms with van der Waals surface area (Å²) in [6.45, 7) is 3.08. The topological polar surface area (TPSA) is 103 Å². The van der Waals surface area contributed by atoms with Gasteiger partial charge in [0.1, 0.15) is 5.69 Å². The number of hydrogen-bond acceptors (Lipinski definition) is 7. The SMILES string of the molecule is Cc1nn(C)c(N2CCCC(c3noc(C4CC4)n3)C2)c1[N+](=O)[O-]. The van der Waals surface area contributed by atoms with Gasteiger partial charge in [-0.2, -0.15) is 10.1 Å². The van der Waals surface area contributed by atoms with E-state index in [0.717, 1.165) is 43.9 Å². The molecule has 0 bridgehead atoms. The highest BCUT2D eigenvalue weighted by atomic mass is 16.6. The Morgan fingerprint density at radius 2 is 2.08 bits per heavy atom. The second kappa shape index (κ2) is 5.57. The fourth-order valence-electron chi connectivity index (χ4n) is 3.49. The van der Waals surface area contributed by atoms with E-state index in [1.165, 1.54) is 0 Å². The molecule has 1 atom stereocenters. The molecule has 3 heterocycles. The van der Waals surface area contributed by atoms with Crippen LogP contribution in [0.5, 0.6) is 0 Å². The van der Waals surface area contributed by atoms with Crippen molar-refractivity contribution in [2.75, 3.05) is 18.0 Å². The molecule has 1 aliphatic heterocycles. The summed E-state index contributed by atoms with van der Waals surface area (Å²) in [4.78, 5) is 17.7. The first-order chi connectivity index (χ1) is 11.5. The average Bonchev–Trinajstić information content (AvgIpc) is 3.19. The number of rotatable bonds is 4. The average molecular weight is 332 g/mol. The highest BCUT2D eigenvalue weighted by Gasteiger charge is 2.35. The molecule has 9 heteroatoms. The first-order valence-corrected chi connectivity index (χ1v) is 8.31. The maximum absolute atomic E-state index is 11.4. The lowest BCUT2D eigenvalue weighted by molar-refractivity contribution is -0.384. The Kier molecular flexibility index (Phi) is 3.50. The van der Waals surface area contributed by atoms with Crippen LogP contribution in [0.4, 0.5) is 11.5 Å². The Balaban J connectivity index is 1.59. The zero-order chi connectivity index (χ0) is 16.8. The predicted octanol–water partition coefficient (Wildman–Crippen LogP) is 2.28. The minimum atomic E-state index is -0.346. The lowest BCUT2D eigenvalue weighted by Crippen LogP contribution is -2.36. The van der Waals surface area contributed by atoms with E-state index in [9.17, 15) is 10.1 Å². The third-order valence-corrected chi connectivity index (χ3v) is 4.81. The highest BCUT2D eigenvalue weighted by molar-refractivity contribution is 5.61. The Morgan fingerprint density at radius 3 is 2.79 bits per heavy atom. The molecule has 2 aromatic heterocycles. The van der Waals surface area contributed by atoms with Gasteiger partial charge in [-0.3, -0.25) is 10.1 Å². The van der Waals surface area contributed by atoms with Crippen LogP contribution in [0.1, 0.15) is 54.9 Å². The molecule has 9 nitrogen and oxygen atoms in total. The molecular weight excluding hydrogens is 312 g/mol. The first-order valence-electron chi connectivity index (χ1n) is 8.31. The summed E-state index contributed by atoms with van der Waals surface area (Å²) in [6.07, 6.45) is 4.14. The molecule has 1 saturated heterocycles. The molecule has 4 rings (SSSR count). The van der Waals surface area contributed by atoms with E-state index in [1.54, 1.807) is 18.7 Å². The van der Waals surface area contributed by atoms with E-state index in [2.05, 4.69) is 15.2 Å². The van der Waals surface area contributed by atoms with Gasteiger partial charge in [0.25, 0.3) is 0 Å². The monoisotopic (exact) mass is 332 g/mol. The van der Waals surface area contributed by atoms with Crippen LogP contribution in [0.3, 0.4) is 0 Å². The Bertz CT molecular complexity index is 778. The van der Waals surface area contributed by atoms with Crippen molar-refractivity contribution in [3.05, 3.63) is 27.5 Å². The molecule has 0 radical (unpaired) electrons. The fraction of sp³-hybridized carbons (Fsp3) is 0.667. The fourth-order valence-corrected chi connectivity index (χ4v) is 3.49. The number of nitrogens with zero attached hydrogens (tertiary/aromatic N) is 6. The third-order valence-electron chi connectivity index (χ3n) is 4.81. The van der Waals surface area contributed by atoms with Crippen LogP contribution >= 0.6 is 0 Å². The van der Waals surface area contributed by atoms with Crippen molar-refractivity contribution in [1.82, 2.24) is 19.9 Å². The van der Waals surface area contributed by atoms with Crippen LogP contribution in [-0.4, -0.2) is 37.9 Å². The van der Waals surface area contributed by atoms with Crippen molar-refractivity contribution in [1.29, 1.82) is 0 Å². The van der Waals surface area contributed by atoms with Crippen LogP contribution in [0.25, 0.3) is 0 Å². The molecule has 24 heavy (non-hydrogen) atoms. The van der Waals surface area contributed by atoms with Gasteiger partial charge in [0.05, 0.1) is 4.92 Å². The second-order valence-electron chi connectivity index (χ2n) is 6.69. The minimum Gasteiger partial charge on any atom is -0.350 e. The van der Waals surface area contributed by atoms with Crippen molar-refractivity contribution >= 4 is 11.5 Å². The summed E-state index contributed by atoms with van der Waals surface area (Å²) in [6, 6.07) is 0. The van der Waals surface area contributed by atoms with Gasteiger partial charge in [-0.25, -0.2) is 4.68 Å².